The van der Waals surface area contributed by atoms with Crippen molar-refractivity contribution in [2.45, 2.75) is 25.3 Å². The Morgan fingerprint density at radius 3 is 2.52 bits per heavy atom. The summed E-state index contributed by atoms with van der Waals surface area (Å²) in [4.78, 5) is 2.42. The summed E-state index contributed by atoms with van der Waals surface area (Å²) in [6.07, 6.45) is 2.71. The first-order valence-electron chi connectivity index (χ1n) is 9.56. The maximum Gasteiger partial charge on any atom is 0.165 e. The van der Waals surface area contributed by atoms with E-state index in [1.54, 1.807) is 6.07 Å². The van der Waals surface area contributed by atoms with Crippen molar-refractivity contribution in [1.82, 2.24) is 4.90 Å². The summed E-state index contributed by atoms with van der Waals surface area (Å²) in [5, 5.41) is 20.9. The normalized spacial score (nSPS) is 18.0. The molecule has 1 aliphatic heterocycles. The van der Waals surface area contributed by atoms with Crippen LogP contribution in [0.1, 0.15) is 33.9 Å². The van der Waals surface area contributed by atoms with Gasteiger partial charge in [0.15, 0.2) is 11.5 Å². The van der Waals surface area contributed by atoms with Crippen LogP contribution >= 0.6 is 0 Å². The second-order valence-electron chi connectivity index (χ2n) is 7.75. The van der Waals surface area contributed by atoms with Crippen molar-refractivity contribution in [3.63, 3.8) is 0 Å². The number of phenols is 2. The molecule has 2 N–H and O–H groups in total. The third-order valence-corrected chi connectivity index (χ3v) is 6.16. The Morgan fingerprint density at radius 1 is 0.926 bits per heavy atom. The molecule has 0 fully saturated rings. The summed E-state index contributed by atoms with van der Waals surface area (Å²) in [6, 6.07) is 18.8. The van der Waals surface area contributed by atoms with Gasteiger partial charge in [0.2, 0.25) is 0 Å². The predicted octanol–water partition coefficient (Wildman–Crippen LogP) is 4.44. The van der Waals surface area contributed by atoms with Gasteiger partial charge in [0.05, 0.1) is 0 Å². The summed E-state index contributed by atoms with van der Waals surface area (Å²) >= 11 is 0. The van der Waals surface area contributed by atoms with Crippen molar-refractivity contribution >= 4 is 0 Å². The zero-order valence-corrected chi connectivity index (χ0v) is 15.4. The van der Waals surface area contributed by atoms with Crippen molar-refractivity contribution in [3.05, 3.63) is 82.4 Å². The molecule has 0 amide bonds. The standard InChI is InChI=1S/C24H23NO2/c1-25-12-11-16-7-8-17(13-15-5-3-2-4-6-15)22-21(16)19(25)14-18-9-10-20(26)24(27)23(18)22/h2-10,19,26-27H,11-14H2,1H3/t19-/m1/s1. The Labute approximate surface area is 159 Å². The summed E-state index contributed by atoms with van der Waals surface area (Å²) < 4.78 is 0. The molecular weight excluding hydrogens is 334 g/mol. The van der Waals surface area contributed by atoms with Gasteiger partial charge in [-0.3, -0.25) is 4.90 Å². The lowest BCUT2D eigenvalue weighted by Crippen LogP contribution is -2.35. The first-order valence-corrected chi connectivity index (χ1v) is 9.56. The molecule has 3 nitrogen and oxygen atoms in total. The van der Waals surface area contributed by atoms with Gasteiger partial charge in [-0.05, 0) is 65.8 Å². The van der Waals surface area contributed by atoms with E-state index in [9.17, 15) is 10.2 Å². The maximum absolute atomic E-state index is 10.8. The highest BCUT2D eigenvalue weighted by Crippen LogP contribution is 2.51. The van der Waals surface area contributed by atoms with Gasteiger partial charge in [0, 0.05) is 18.2 Å². The summed E-state index contributed by atoms with van der Waals surface area (Å²) in [6.45, 7) is 1.05. The van der Waals surface area contributed by atoms with Crippen LogP contribution in [0.5, 0.6) is 11.5 Å². The highest BCUT2D eigenvalue weighted by atomic mass is 16.3. The number of nitrogens with zero attached hydrogens (tertiary/aromatic N) is 1. The van der Waals surface area contributed by atoms with Crippen LogP contribution in [0.3, 0.4) is 0 Å². The molecule has 136 valence electrons. The minimum absolute atomic E-state index is 0.0156. The molecule has 3 heteroatoms. The molecule has 0 saturated heterocycles. The molecule has 3 aromatic carbocycles. The molecule has 3 aromatic rings. The van der Waals surface area contributed by atoms with Crippen molar-refractivity contribution < 1.29 is 10.2 Å². The monoisotopic (exact) mass is 357 g/mol. The molecular formula is C24H23NO2. The number of hydrogen-bond acceptors (Lipinski definition) is 3. The number of hydrogen-bond donors (Lipinski definition) is 2. The molecule has 1 heterocycles. The van der Waals surface area contributed by atoms with E-state index in [1.807, 2.05) is 12.1 Å². The van der Waals surface area contributed by atoms with Crippen LogP contribution in [-0.2, 0) is 19.3 Å². The van der Waals surface area contributed by atoms with E-state index in [0.29, 0.717) is 6.04 Å². The van der Waals surface area contributed by atoms with Crippen molar-refractivity contribution in [2.75, 3.05) is 13.6 Å². The zero-order valence-electron chi connectivity index (χ0n) is 15.4. The van der Waals surface area contributed by atoms with Gasteiger partial charge in [-0.1, -0.05) is 48.5 Å². The quantitative estimate of drug-likeness (QED) is 0.667. The predicted molar refractivity (Wildman–Crippen MR) is 107 cm³/mol. The molecule has 0 aromatic heterocycles. The van der Waals surface area contributed by atoms with E-state index >= 15 is 0 Å². The molecule has 2 aliphatic rings. The average molecular weight is 357 g/mol. The molecule has 1 aliphatic carbocycles. The fourth-order valence-electron chi connectivity index (χ4n) is 4.78. The van der Waals surface area contributed by atoms with Crippen LogP contribution < -0.4 is 0 Å². The van der Waals surface area contributed by atoms with Crippen molar-refractivity contribution in [2.24, 2.45) is 0 Å². The van der Waals surface area contributed by atoms with Crippen LogP contribution in [0.15, 0.2) is 54.6 Å². The number of fused-ring (bicyclic) bond motifs is 2. The van der Waals surface area contributed by atoms with Gasteiger partial charge in [-0.15, -0.1) is 0 Å². The zero-order chi connectivity index (χ0) is 18.5. The van der Waals surface area contributed by atoms with Gasteiger partial charge < -0.3 is 10.2 Å². The van der Waals surface area contributed by atoms with E-state index < -0.39 is 0 Å². The van der Waals surface area contributed by atoms with Gasteiger partial charge in [-0.2, -0.15) is 0 Å². The largest absolute Gasteiger partial charge is 0.504 e. The lowest BCUT2D eigenvalue weighted by molar-refractivity contribution is 0.228. The Kier molecular flexibility index (Phi) is 3.73. The van der Waals surface area contributed by atoms with E-state index in [4.69, 9.17) is 0 Å². The van der Waals surface area contributed by atoms with Crippen LogP contribution in [0.2, 0.25) is 0 Å². The van der Waals surface area contributed by atoms with Crippen molar-refractivity contribution in [1.29, 1.82) is 0 Å². The maximum atomic E-state index is 10.8. The Bertz CT molecular complexity index is 1030. The first kappa shape index (κ1) is 16.4. The second-order valence-corrected chi connectivity index (χ2v) is 7.75. The van der Waals surface area contributed by atoms with Crippen LogP contribution in [0, 0.1) is 0 Å². The highest BCUT2D eigenvalue weighted by Gasteiger charge is 2.35. The fourth-order valence-corrected chi connectivity index (χ4v) is 4.78. The molecule has 0 spiro atoms. The SMILES string of the molecule is CN1CCc2ccc(Cc3ccccc3)c3c2[C@H]1Cc1ccc(O)c(O)c1-3. The molecule has 0 saturated carbocycles. The number of aromatic hydroxyl groups is 2. The molecule has 5 rings (SSSR count). The number of likely N-dealkylation sites (N-methyl/N-ethyl adjacent to an activating group) is 1. The smallest absolute Gasteiger partial charge is 0.165 e. The van der Waals surface area contributed by atoms with E-state index in [1.165, 1.54) is 22.3 Å². The number of phenolic OH excluding ortho intramolecular Hbond substituents is 2. The third kappa shape index (κ3) is 2.54. The summed E-state index contributed by atoms with van der Waals surface area (Å²) in [7, 11) is 2.19. The van der Waals surface area contributed by atoms with E-state index in [-0.39, 0.29) is 11.5 Å². The van der Waals surface area contributed by atoms with Crippen LogP contribution in [0.4, 0.5) is 0 Å². The van der Waals surface area contributed by atoms with Gasteiger partial charge in [0.1, 0.15) is 0 Å². The van der Waals surface area contributed by atoms with E-state index in [0.717, 1.165) is 42.5 Å². The molecule has 27 heavy (non-hydrogen) atoms. The topological polar surface area (TPSA) is 43.7 Å². The third-order valence-electron chi connectivity index (χ3n) is 6.16. The fraction of sp³-hybridized carbons (Fsp3) is 0.250. The molecule has 0 unspecified atom stereocenters. The molecule has 1 atom stereocenters. The van der Waals surface area contributed by atoms with Gasteiger partial charge in [-0.25, -0.2) is 0 Å². The minimum atomic E-state index is -0.0420. The van der Waals surface area contributed by atoms with E-state index in [2.05, 4.69) is 48.3 Å². The minimum Gasteiger partial charge on any atom is -0.504 e. The summed E-state index contributed by atoms with van der Waals surface area (Å²) in [5.74, 6) is -0.0264. The van der Waals surface area contributed by atoms with Gasteiger partial charge >= 0.3 is 0 Å². The number of benzene rings is 3. The Hall–Kier alpha value is -2.78. The average Bonchev–Trinajstić information content (AvgIpc) is 2.69. The molecule has 0 radical (unpaired) electrons. The second kappa shape index (κ2) is 6.14. The first-order chi connectivity index (χ1) is 13.1. The van der Waals surface area contributed by atoms with Gasteiger partial charge in [0.25, 0.3) is 0 Å². The lowest BCUT2D eigenvalue weighted by atomic mass is 9.74. The highest BCUT2D eigenvalue weighted by molar-refractivity contribution is 5.84. The van der Waals surface area contributed by atoms with Crippen LogP contribution in [0.25, 0.3) is 11.1 Å². The van der Waals surface area contributed by atoms with Crippen LogP contribution in [-0.4, -0.2) is 28.7 Å². The lowest BCUT2D eigenvalue weighted by Gasteiger charge is -2.40. The Morgan fingerprint density at radius 2 is 1.70 bits per heavy atom. The Balaban J connectivity index is 1.78. The number of rotatable bonds is 2. The van der Waals surface area contributed by atoms with Crippen molar-refractivity contribution in [3.8, 4) is 22.6 Å². The molecule has 0 bridgehead atoms. The summed E-state index contributed by atoms with van der Waals surface area (Å²) in [5.41, 5.74) is 8.24.